The van der Waals surface area contributed by atoms with Crippen LogP contribution in [0.2, 0.25) is 0 Å². The molecule has 0 spiro atoms. The van der Waals surface area contributed by atoms with Gasteiger partial charge in [0.05, 0.1) is 0 Å². The van der Waals surface area contributed by atoms with Crippen LogP contribution < -0.4 is 0 Å². The summed E-state index contributed by atoms with van der Waals surface area (Å²) in [6.45, 7) is 6.45. The van der Waals surface area contributed by atoms with E-state index in [1.165, 1.54) is 22.3 Å². The summed E-state index contributed by atoms with van der Waals surface area (Å²) in [4.78, 5) is 12.8. The predicted octanol–water partition coefficient (Wildman–Crippen LogP) is 5.85. The molecule has 0 aromatic heterocycles. The minimum absolute atomic E-state index is 0.201. The number of hydrogen-bond donors (Lipinski definition) is 0. The third-order valence-corrected chi connectivity index (χ3v) is 5.23. The van der Waals surface area contributed by atoms with Gasteiger partial charge in [-0.2, -0.15) is 0 Å². The highest BCUT2D eigenvalue weighted by molar-refractivity contribution is 5.99. The molecule has 24 heavy (non-hydrogen) atoms. The lowest BCUT2D eigenvalue weighted by Gasteiger charge is -2.27. The maximum Gasteiger partial charge on any atom is 0.162 e. The van der Waals surface area contributed by atoms with Gasteiger partial charge in [-0.15, -0.1) is 0 Å². The van der Waals surface area contributed by atoms with Crippen LogP contribution in [0.3, 0.4) is 0 Å². The van der Waals surface area contributed by atoms with Crippen LogP contribution in [0.1, 0.15) is 39.2 Å². The summed E-state index contributed by atoms with van der Waals surface area (Å²) >= 11 is 0. The molecule has 0 amide bonds. The largest absolute Gasteiger partial charge is 0.294 e. The van der Waals surface area contributed by atoms with Gasteiger partial charge in [0, 0.05) is 12.3 Å². The SMILES string of the molecule is CC1=C(Cc2ccc(-c3ccccc3)cc2)C(=O)C(C(C)C)CC1. The van der Waals surface area contributed by atoms with Gasteiger partial charge in [-0.25, -0.2) is 0 Å². The van der Waals surface area contributed by atoms with Crippen molar-refractivity contribution in [3.63, 3.8) is 0 Å². The van der Waals surface area contributed by atoms with Gasteiger partial charge in [0.15, 0.2) is 5.78 Å². The average Bonchev–Trinajstić information content (AvgIpc) is 2.59. The average molecular weight is 318 g/mol. The van der Waals surface area contributed by atoms with Crippen LogP contribution in [0.15, 0.2) is 65.7 Å². The van der Waals surface area contributed by atoms with E-state index in [0.29, 0.717) is 11.7 Å². The molecule has 124 valence electrons. The topological polar surface area (TPSA) is 17.1 Å². The fourth-order valence-electron chi connectivity index (χ4n) is 3.61. The van der Waals surface area contributed by atoms with Crippen LogP contribution in [0.5, 0.6) is 0 Å². The van der Waals surface area contributed by atoms with Crippen LogP contribution in [0, 0.1) is 11.8 Å². The molecule has 1 nitrogen and oxygen atoms in total. The van der Waals surface area contributed by atoms with Gasteiger partial charge in [0.1, 0.15) is 0 Å². The smallest absolute Gasteiger partial charge is 0.162 e. The third-order valence-electron chi connectivity index (χ3n) is 5.23. The number of carbonyl (C=O) groups excluding carboxylic acids is 1. The lowest BCUT2D eigenvalue weighted by Crippen LogP contribution is -2.27. The number of benzene rings is 2. The van der Waals surface area contributed by atoms with E-state index >= 15 is 0 Å². The summed E-state index contributed by atoms with van der Waals surface area (Å²) in [5.41, 5.74) is 6.01. The predicted molar refractivity (Wildman–Crippen MR) is 101 cm³/mol. The van der Waals surface area contributed by atoms with E-state index < -0.39 is 0 Å². The molecule has 1 aliphatic rings. The number of rotatable bonds is 4. The number of Topliss-reactive ketones (excluding diaryl/α,β-unsaturated/α-hetero) is 1. The van der Waals surface area contributed by atoms with Crippen LogP contribution >= 0.6 is 0 Å². The van der Waals surface area contributed by atoms with E-state index in [0.717, 1.165) is 24.8 Å². The molecule has 1 atom stereocenters. The molecule has 0 fully saturated rings. The summed E-state index contributed by atoms with van der Waals surface area (Å²) in [7, 11) is 0. The molecule has 0 saturated carbocycles. The van der Waals surface area contributed by atoms with E-state index in [1.807, 2.05) is 6.07 Å². The Hall–Kier alpha value is -2.15. The van der Waals surface area contributed by atoms with Gasteiger partial charge in [-0.05, 0) is 47.9 Å². The second-order valence-corrected chi connectivity index (χ2v) is 7.25. The van der Waals surface area contributed by atoms with Crippen LogP contribution in [0.4, 0.5) is 0 Å². The van der Waals surface area contributed by atoms with Crippen molar-refractivity contribution in [2.75, 3.05) is 0 Å². The van der Waals surface area contributed by atoms with E-state index in [2.05, 4.69) is 69.3 Å². The monoisotopic (exact) mass is 318 g/mol. The van der Waals surface area contributed by atoms with Crippen molar-refractivity contribution >= 4 is 5.78 Å². The Morgan fingerprint density at radius 1 is 0.958 bits per heavy atom. The molecule has 2 aromatic rings. The van der Waals surface area contributed by atoms with Crippen LogP contribution in [-0.4, -0.2) is 5.78 Å². The minimum atomic E-state index is 0.201. The van der Waals surface area contributed by atoms with Crippen LogP contribution in [0.25, 0.3) is 11.1 Å². The van der Waals surface area contributed by atoms with Crippen molar-refractivity contribution in [1.29, 1.82) is 0 Å². The van der Waals surface area contributed by atoms with Gasteiger partial charge in [0.2, 0.25) is 0 Å². The molecule has 1 aliphatic carbocycles. The molecule has 3 rings (SSSR count). The molecule has 2 aromatic carbocycles. The molecular weight excluding hydrogens is 292 g/mol. The highest BCUT2D eigenvalue weighted by Gasteiger charge is 2.29. The molecular formula is C23H26O. The number of ketones is 1. The number of hydrogen-bond acceptors (Lipinski definition) is 1. The second-order valence-electron chi connectivity index (χ2n) is 7.25. The van der Waals surface area contributed by atoms with E-state index in [-0.39, 0.29) is 5.92 Å². The molecule has 0 aliphatic heterocycles. The summed E-state index contributed by atoms with van der Waals surface area (Å²) in [5.74, 6) is 1.01. The second kappa shape index (κ2) is 7.17. The highest BCUT2D eigenvalue weighted by atomic mass is 16.1. The fourth-order valence-corrected chi connectivity index (χ4v) is 3.61. The first-order valence-corrected chi connectivity index (χ1v) is 8.93. The maximum atomic E-state index is 12.8. The van der Waals surface area contributed by atoms with E-state index in [9.17, 15) is 4.79 Å². The Morgan fingerprint density at radius 2 is 1.58 bits per heavy atom. The quantitative estimate of drug-likeness (QED) is 0.691. The van der Waals surface area contributed by atoms with Crippen molar-refractivity contribution in [2.24, 2.45) is 11.8 Å². The highest BCUT2D eigenvalue weighted by Crippen LogP contribution is 2.33. The number of allylic oxidation sites excluding steroid dienone is 2. The first-order chi connectivity index (χ1) is 11.6. The maximum absolute atomic E-state index is 12.8. The molecule has 0 N–H and O–H groups in total. The molecule has 0 heterocycles. The molecule has 0 radical (unpaired) electrons. The van der Waals surface area contributed by atoms with Crippen molar-refractivity contribution in [1.82, 2.24) is 0 Å². The molecule has 0 saturated heterocycles. The zero-order chi connectivity index (χ0) is 17.1. The van der Waals surface area contributed by atoms with E-state index in [1.54, 1.807) is 0 Å². The molecule has 1 heteroatoms. The summed E-state index contributed by atoms with van der Waals surface area (Å²) in [5, 5.41) is 0. The van der Waals surface area contributed by atoms with Gasteiger partial charge in [-0.1, -0.05) is 74.0 Å². The molecule has 1 unspecified atom stereocenters. The van der Waals surface area contributed by atoms with Crippen molar-refractivity contribution in [3.8, 4) is 11.1 Å². The third kappa shape index (κ3) is 3.51. The number of carbonyl (C=O) groups is 1. The van der Waals surface area contributed by atoms with Gasteiger partial charge < -0.3 is 0 Å². The summed E-state index contributed by atoms with van der Waals surface area (Å²) in [6.07, 6.45) is 2.84. The Morgan fingerprint density at radius 3 is 2.21 bits per heavy atom. The van der Waals surface area contributed by atoms with Crippen molar-refractivity contribution < 1.29 is 4.79 Å². The van der Waals surface area contributed by atoms with E-state index in [4.69, 9.17) is 0 Å². The lowest BCUT2D eigenvalue weighted by atomic mass is 9.76. The minimum Gasteiger partial charge on any atom is -0.294 e. The lowest BCUT2D eigenvalue weighted by molar-refractivity contribution is -0.121. The van der Waals surface area contributed by atoms with Crippen molar-refractivity contribution in [2.45, 2.75) is 40.0 Å². The molecule has 0 bridgehead atoms. The van der Waals surface area contributed by atoms with Crippen LogP contribution in [-0.2, 0) is 11.2 Å². The first kappa shape index (κ1) is 16.7. The standard InChI is InChI=1S/C23H26O/c1-16(2)21-14-9-17(3)22(23(21)24)15-18-10-12-20(13-11-18)19-7-5-4-6-8-19/h4-8,10-13,16,21H,9,14-15H2,1-3H3. The normalized spacial score (nSPS) is 18.3. The Balaban J connectivity index is 1.79. The van der Waals surface area contributed by atoms with Gasteiger partial charge in [0.25, 0.3) is 0 Å². The Bertz CT molecular complexity index is 735. The first-order valence-electron chi connectivity index (χ1n) is 8.93. The summed E-state index contributed by atoms with van der Waals surface area (Å²) in [6, 6.07) is 19.0. The Labute approximate surface area is 145 Å². The fraction of sp³-hybridized carbons (Fsp3) is 0.348. The Kier molecular flexibility index (Phi) is 4.99. The zero-order valence-electron chi connectivity index (χ0n) is 14.9. The van der Waals surface area contributed by atoms with Gasteiger partial charge in [-0.3, -0.25) is 4.79 Å². The van der Waals surface area contributed by atoms with Gasteiger partial charge >= 0.3 is 0 Å². The van der Waals surface area contributed by atoms with Crippen molar-refractivity contribution in [3.05, 3.63) is 71.3 Å². The summed E-state index contributed by atoms with van der Waals surface area (Å²) < 4.78 is 0. The zero-order valence-corrected chi connectivity index (χ0v) is 14.9.